The Labute approximate surface area is 139 Å². The van der Waals surface area contributed by atoms with Crippen LogP contribution in [0.15, 0.2) is 35.1 Å². The van der Waals surface area contributed by atoms with Crippen molar-refractivity contribution in [2.45, 2.75) is 32.9 Å². The number of nitrogens with zero attached hydrogens (tertiary/aromatic N) is 2. The van der Waals surface area contributed by atoms with Gasteiger partial charge in [-0.3, -0.25) is 9.59 Å². The maximum Gasteiger partial charge on any atom is 0.267 e. The number of hydrogen-bond acceptors (Lipinski definition) is 5. The SMILES string of the molecule is CC(C)(C)NC(=O)Cn1nc(-c2ccc3c(c2)OCO3)ccc1=O. The van der Waals surface area contributed by atoms with Crippen LogP contribution < -0.4 is 20.3 Å². The minimum absolute atomic E-state index is 0.130. The van der Waals surface area contributed by atoms with Gasteiger partial charge < -0.3 is 14.8 Å². The molecule has 7 nitrogen and oxygen atoms in total. The third kappa shape index (κ3) is 3.56. The summed E-state index contributed by atoms with van der Waals surface area (Å²) < 4.78 is 11.8. The number of hydrogen-bond donors (Lipinski definition) is 1. The van der Waals surface area contributed by atoms with Gasteiger partial charge in [-0.25, -0.2) is 4.68 Å². The predicted molar refractivity (Wildman–Crippen MR) is 88.0 cm³/mol. The van der Waals surface area contributed by atoms with Gasteiger partial charge in [0.05, 0.1) is 5.69 Å². The largest absolute Gasteiger partial charge is 0.454 e. The highest BCUT2D eigenvalue weighted by molar-refractivity contribution is 5.76. The first-order valence-corrected chi connectivity index (χ1v) is 7.61. The summed E-state index contributed by atoms with van der Waals surface area (Å²) in [6.45, 7) is 5.70. The summed E-state index contributed by atoms with van der Waals surface area (Å²) in [7, 11) is 0. The molecule has 0 saturated carbocycles. The van der Waals surface area contributed by atoms with Gasteiger partial charge >= 0.3 is 0 Å². The quantitative estimate of drug-likeness (QED) is 0.924. The highest BCUT2D eigenvalue weighted by Gasteiger charge is 2.17. The van der Waals surface area contributed by atoms with Crippen LogP contribution in [0, 0.1) is 0 Å². The van der Waals surface area contributed by atoms with Crippen molar-refractivity contribution in [1.82, 2.24) is 15.1 Å². The highest BCUT2D eigenvalue weighted by atomic mass is 16.7. The van der Waals surface area contributed by atoms with Crippen LogP contribution in [0.1, 0.15) is 20.8 Å². The molecule has 1 N–H and O–H groups in total. The smallest absolute Gasteiger partial charge is 0.267 e. The molecule has 0 bridgehead atoms. The van der Waals surface area contributed by atoms with E-state index in [1.807, 2.05) is 26.8 Å². The van der Waals surface area contributed by atoms with Gasteiger partial charge in [0, 0.05) is 17.2 Å². The van der Waals surface area contributed by atoms with Gasteiger partial charge in [0.2, 0.25) is 12.7 Å². The van der Waals surface area contributed by atoms with Gasteiger partial charge in [-0.05, 0) is 45.0 Å². The van der Waals surface area contributed by atoms with Gasteiger partial charge in [-0.15, -0.1) is 0 Å². The topological polar surface area (TPSA) is 82.5 Å². The number of ether oxygens (including phenoxy) is 2. The molecule has 0 atom stereocenters. The molecule has 1 aliphatic rings. The van der Waals surface area contributed by atoms with Crippen LogP contribution in [0.4, 0.5) is 0 Å². The number of aromatic nitrogens is 2. The van der Waals surface area contributed by atoms with Crippen LogP contribution in [0.5, 0.6) is 11.5 Å². The molecule has 0 spiro atoms. The van der Waals surface area contributed by atoms with Crippen molar-refractivity contribution in [3.8, 4) is 22.8 Å². The first-order chi connectivity index (χ1) is 11.3. The molecule has 1 aromatic heterocycles. The molecule has 1 aromatic carbocycles. The third-order valence-electron chi connectivity index (χ3n) is 3.34. The summed E-state index contributed by atoms with van der Waals surface area (Å²) in [6.07, 6.45) is 0. The Balaban J connectivity index is 1.86. The fourth-order valence-electron chi connectivity index (χ4n) is 2.37. The van der Waals surface area contributed by atoms with Gasteiger partial charge in [0.25, 0.3) is 5.56 Å². The van der Waals surface area contributed by atoms with E-state index >= 15 is 0 Å². The van der Waals surface area contributed by atoms with Crippen LogP contribution in [-0.4, -0.2) is 28.0 Å². The van der Waals surface area contributed by atoms with Crippen molar-refractivity contribution in [2.75, 3.05) is 6.79 Å². The van der Waals surface area contributed by atoms with E-state index in [9.17, 15) is 9.59 Å². The molecule has 0 aliphatic carbocycles. The molecule has 1 amide bonds. The van der Waals surface area contributed by atoms with Crippen molar-refractivity contribution < 1.29 is 14.3 Å². The van der Waals surface area contributed by atoms with E-state index < -0.39 is 0 Å². The molecule has 0 fully saturated rings. The summed E-state index contributed by atoms with van der Waals surface area (Å²) in [5.74, 6) is 1.05. The van der Waals surface area contributed by atoms with Gasteiger partial charge in [0.1, 0.15) is 6.54 Å². The lowest BCUT2D eigenvalue weighted by Gasteiger charge is -2.20. The Morgan fingerprint density at radius 1 is 1.21 bits per heavy atom. The minimum Gasteiger partial charge on any atom is -0.454 e. The third-order valence-corrected chi connectivity index (χ3v) is 3.34. The zero-order valence-corrected chi connectivity index (χ0v) is 13.8. The molecular weight excluding hydrogens is 310 g/mol. The van der Waals surface area contributed by atoms with Crippen molar-refractivity contribution in [2.24, 2.45) is 0 Å². The second kappa shape index (κ2) is 5.99. The maximum absolute atomic E-state index is 12.0. The molecule has 2 aromatic rings. The molecule has 126 valence electrons. The van der Waals surface area contributed by atoms with Crippen LogP contribution in [0.3, 0.4) is 0 Å². The predicted octanol–water partition coefficient (Wildman–Crippen LogP) is 1.55. The monoisotopic (exact) mass is 329 g/mol. The summed E-state index contributed by atoms with van der Waals surface area (Å²) in [5.41, 5.74) is 0.666. The average molecular weight is 329 g/mol. The average Bonchev–Trinajstić information content (AvgIpc) is 2.95. The molecule has 0 unspecified atom stereocenters. The molecule has 3 rings (SSSR count). The highest BCUT2D eigenvalue weighted by Crippen LogP contribution is 2.35. The molecular formula is C17H19N3O4. The Morgan fingerprint density at radius 3 is 2.71 bits per heavy atom. The maximum atomic E-state index is 12.0. The van der Waals surface area contributed by atoms with Crippen LogP contribution in [-0.2, 0) is 11.3 Å². The normalized spacial score (nSPS) is 13.0. The summed E-state index contributed by atoms with van der Waals surface area (Å²) >= 11 is 0. The van der Waals surface area contributed by atoms with Crippen molar-refractivity contribution >= 4 is 5.91 Å². The van der Waals surface area contributed by atoms with Crippen LogP contribution >= 0.6 is 0 Å². The first kappa shape index (κ1) is 16.0. The summed E-state index contributed by atoms with van der Waals surface area (Å²) in [5, 5.41) is 7.10. The zero-order valence-electron chi connectivity index (χ0n) is 13.8. The standard InChI is InChI=1S/C17H19N3O4/c1-17(2,3)18-15(21)9-20-16(22)7-5-12(19-20)11-4-6-13-14(8-11)24-10-23-13/h4-8H,9-10H2,1-3H3,(H,18,21). The molecule has 24 heavy (non-hydrogen) atoms. The molecule has 0 saturated heterocycles. The van der Waals surface area contributed by atoms with E-state index in [0.29, 0.717) is 17.2 Å². The van der Waals surface area contributed by atoms with Gasteiger partial charge in [-0.1, -0.05) is 0 Å². The lowest BCUT2D eigenvalue weighted by atomic mass is 10.1. The van der Waals surface area contributed by atoms with Crippen molar-refractivity contribution in [3.05, 3.63) is 40.7 Å². The van der Waals surface area contributed by atoms with Crippen LogP contribution in [0.2, 0.25) is 0 Å². The zero-order chi connectivity index (χ0) is 17.3. The van der Waals surface area contributed by atoms with E-state index in [1.165, 1.54) is 6.07 Å². The number of benzene rings is 1. The fourth-order valence-corrected chi connectivity index (χ4v) is 2.37. The molecule has 2 heterocycles. The lowest BCUT2D eigenvalue weighted by molar-refractivity contribution is -0.123. The number of fused-ring (bicyclic) bond motifs is 1. The number of amides is 1. The van der Waals surface area contributed by atoms with Crippen LogP contribution in [0.25, 0.3) is 11.3 Å². The Bertz CT molecular complexity index is 836. The van der Waals surface area contributed by atoms with Crippen molar-refractivity contribution in [3.63, 3.8) is 0 Å². The summed E-state index contributed by atoms with van der Waals surface area (Å²) in [4.78, 5) is 24.0. The van der Waals surface area contributed by atoms with E-state index in [-0.39, 0.29) is 30.3 Å². The van der Waals surface area contributed by atoms with E-state index in [2.05, 4.69) is 10.4 Å². The number of carbonyl (C=O) groups is 1. The molecule has 0 radical (unpaired) electrons. The minimum atomic E-state index is -0.365. The van der Waals surface area contributed by atoms with E-state index in [1.54, 1.807) is 18.2 Å². The number of nitrogens with one attached hydrogen (secondary N) is 1. The van der Waals surface area contributed by atoms with Gasteiger partial charge in [0.15, 0.2) is 11.5 Å². The Kier molecular flexibility index (Phi) is 4.01. The first-order valence-electron chi connectivity index (χ1n) is 7.61. The molecule has 7 heteroatoms. The Hall–Kier alpha value is -2.83. The number of rotatable bonds is 3. The fraction of sp³-hybridized carbons (Fsp3) is 0.353. The van der Waals surface area contributed by atoms with E-state index in [0.717, 1.165) is 10.2 Å². The number of carbonyl (C=O) groups excluding carboxylic acids is 1. The van der Waals surface area contributed by atoms with E-state index in [4.69, 9.17) is 9.47 Å². The Morgan fingerprint density at radius 2 is 1.96 bits per heavy atom. The van der Waals surface area contributed by atoms with Gasteiger partial charge in [-0.2, -0.15) is 5.10 Å². The molecule has 1 aliphatic heterocycles. The lowest BCUT2D eigenvalue weighted by Crippen LogP contribution is -2.43. The second-order valence-corrected chi connectivity index (χ2v) is 6.58. The van der Waals surface area contributed by atoms with Crippen molar-refractivity contribution in [1.29, 1.82) is 0 Å². The summed E-state index contributed by atoms with van der Waals surface area (Å²) in [6, 6.07) is 8.45. The second-order valence-electron chi connectivity index (χ2n) is 6.58.